The first-order chi connectivity index (χ1) is 6.60. The predicted molar refractivity (Wildman–Crippen MR) is 52.8 cm³/mol. The van der Waals surface area contributed by atoms with Gasteiger partial charge < -0.3 is 5.11 Å². The number of pyridine rings is 1. The number of alkyl halides is 3. The molecule has 0 aliphatic carbocycles. The molecule has 0 unspecified atom stereocenters. The zero-order valence-corrected chi connectivity index (χ0v) is 9.32. The normalized spacial score (nSPS) is 11.0. The average molecular weight is 287 g/mol. The lowest BCUT2D eigenvalue weighted by Crippen LogP contribution is -2.00. The number of aliphatic hydroxyl groups is 1. The van der Waals surface area contributed by atoms with Gasteiger partial charge in [-0.2, -0.15) is 0 Å². The molecule has 1 aromatic rings. The molecule has 6 heteroatoms. The Bertz CT molecular complexity index is 335. The Morgan fingerprint density at radius 2 is 2.21 bits per heavy atom. The second-order valence-corrected chi connectivity index (χ2v) is 3.49. The van der Waals surface area contributed by atoms with E-state index >= 15 is 0 Å². The molecule has 1 aromatic heterocycles. The summed E-state index contributed by atoms with van der Waals surface area (Å²) in [6, 6.07) is 1.18. The standard InChI is InChI=1S/C8H7BrClF2NO/c9-2-6-5(8(11)12)1-4(3-14)7(10)13-6/h1,8,14H,2-3H2. The van der Waals surface area contributed by atoms with Crippen molar-refractivity contribution in [1.82, 2.24) is 4.98 Å². The fraction of sp³-hybridized carbons (Fsp3) is 0.375. The number of aliphatic hydroxyl groups excluding tert-OH is 1. The van der Waals surface area contributed by atoms with Gasteiger partial charge in [-0.3, -0.25) is 0 Å². The molecular weight excluding hydrogens is 279 g/mol. The first-order valence-electron chi connectivity index (χ1n) is 3.73. The highest BCUT2D eigenvalue weighted by Gasteiger charge is 2.16. The minimum absolute atomic E-state index is 0.0614. The van der Waals surface area contributed by atoms with E-state index in [0.29, 0.717) is 0 Å². The van der Waals surface area contributed by atoms with Crippen LogP contribution in [0, 0.1) is 0 Å². The number of halogens is 4. The van der Waals surface area contributed by atoms with Crippen LogP contribution in [0.25, 0.3) is 0 Å². The summed E-state index contributed by atoms with van der Waals surface area (Å²) in [6.07, 6.45) is -2.61. The Balaban J connectivity index is 3.25. The van der Waals surface area contributed by atoms with Crippen LogP contribution in [0.15, 0.2) is 6.07 Å². The van der Waals surface area contributed by atoms with Gasteiger partial charge in [0, 0.05) is 16.5 Å². The van der Waals surface area contributed by atoms with Gasteiger partial charge in [-0.1, -0.05) is 27.5 Å². The third-order valence-corrected chi connectivity index (χ3v) is 2.55. The highest BCUT2D eigenvalue weighted by Crippen LogP contribution is 2.27. The smallest absolute Gasteiger partial charge is 0.265 e. The van der Waals surface area contributed by atoms with Crippen molar-refractivity contribution in [3.05, 3.63) is 28.0 Å². The molecule has 0 amide bonds. The van der Waals surface area contributed by atoms with Crippen molar-refractivity contribution < 1.29 is 13.9 Å². The van der Waals surface area contributed by atoms with Gasteiger partial charge in [0.1, 0.15) is 5.15 Å². The molecule has 14 heavy (non-hydrogen) atoms. The van der Waals surface area contributed by atoms with Crippen molar-refractivity contribution in [3.63, 3.8) is 0 Å². The van der Waals surface area contributed by atoms with E-state index in [1.54, 1.807) is 0 Å². The van der Waals surface area contributed by atoms with Crippen LogP contribution in [0.1, 0.15) is 23.2 Å². The fourth-order valence-electron chi connectivity index (χ4n) is 0.992. The molecule has 1 N–H and O–H groups in total. The van der Waals surface area contributed by atoms with Gasteiger partial charge in [-0.05, 0) is 6.07 Å². The Labute approximate surface area is 93.0 Å². The van der Waals surface area contributed by atoms with E-state index in [4.69, 9.17) is 16.7 Å². The van der Waals surface area contributed by atoms with Crippen LogP contribution < -0.4 is 0 Å². The maximum Gasteiger partial charge on any atom is 0.265 e. The van der Waals surface area contributed by atoms with Crippen molar-refractivity contribution >= 4 is 27.5 Å². The quantitative estimate of drug-likeness (QED) is 0.684. The van der Waals surface area contributed by atoms with Gasteiger partial charge >= 0.3 is 0 Å². The summed E-state index contributed by atoms with van der Waals surface area (Å²) in [5.41, 5.74) is 0.212. The van der Waals surface area contributed by atoms with Crippen molar-refractivity contribution in [2.75, 3.05) is 0 Å². The Morgan fingerprint density at radius 1 is 1.57 bits per heavy atom. The molecule has 1 rings (SSSR count). The summed E-state index contributed by atoms with van der Waals surface area (Å²) in [7, 11) is 0. The van der Waals surface area contributed by atoms with Gasteiger partial charge in [0.25, 0.3) is 6.43 Å². The van der Waals surface area contributed by atoms with Crippen LogP contribution in [-0.2, 0) is 11.9 Å². The lowest BCUT2D eigenvalue weighted by atomic mass is 10.1. The van der Waals surface area contributed by atoms with E-state index in [1.165, 1.54) is 6.07 Å². The molecule has 78 valence electrons. The van der Waals surface area contributed by atoms with Gasteiger partial charge in [0.15, 0.2) is 0 Å². The summed E-state index contributed by atoms with van der Waals surface area (Å²) in [5, 5.41) is 9.08. The number of hydrogen-bond acceptors (Lipinski definition) is 2. The maximum atomic E-state index is 12.5. The first kappa shape index (κ1) is 11.8. The molecule has 0 aliphatic heterocycles. The second-order valence-electron chi connectivity index (χ2n) is 2.57. The summed E-state index contributed by atoms with van der Waals surface area (Å²) >= 11 is 8.69. The number of nitrogens with zero attached hydrogens (tertiary/aromatic N) is 1. The zero-order valence-electron chi connectivity index (χ0n) is 6.98. The van der Waals surface area contributed by atoms with Gasteiger partial charge in [0.05, 0.1) is 12.3 Å². The van der Waals surface area contributed by atoms with Crippen LogP contribution >= 0.6 is 27.5 Å². The lowest BCUT2D eigenvalue weighted by Gasteiger charge is -2.08. The summed E-state index contributed by atoms with van der Waals surface area (Å²) in [5.74, 6) is 0. The Kier molecular flexibility index (Phi) is 4.22. The maximum absolute atomic E-state index is 12.5. The minimum Gasteiger partial charge on any atom is -0.392 e. The zero-order chi connectivity index (χ0) is 10.7. The molecule has 0 radical (unpaired) electrons. The molecule has 0 bridgehead atoms. The topological polar surface area (TPSA) is 33.1 Å². The van der Waals surface area contributed by atoms with Crippen LogP contribution in [-0.4, -0.2) is 10.1 Å². The average Bonchev–Trinajstić information content (AvgIpc) is 2.16. The molecule has 2 nitrogen and oxygen atoms in total. The SMILES string of the molecule is OCc1cc(C(F)F)c(CBr)nc1Cl. The van der Waals surface area contributed by atoms with Gasteiger partial charge in [-0.25, -0.2) is 13.8 Å². The van der Waals surface area contributed by atoms with Crippen LogP contribution in [0.2, 0.25) is 5.15 Å². The molecule has 1 heterocycles. The molecule has 0 atom stereocenters. The van der Waals surface area contributed by atoms with Crippen molar-refractivity contribution in [2.45, 2.75) is 18.4 Å². The second kappa shape index (κ2) is 5.00. The third kappa shape index (κ3) is 2.40. The number of rotatable bonds is 3. The molecule has 0 saturated carbocycles. The van der Waals surface area contributed by atoms with E-state index < -0.39 is 13.0 Å². The van der Waals surface area contributed by atoms with E-state index in [2.05, 4.69) is 20.9 Å². The van der Waals surface area contributed by atoms with E-state index in [-0.39, 0.29) is 27.3 Å². The fourth-order valence-corrected chi connectivity index (χ4v) is 1.66. The van der Waals surface area contributed by atoms with Crippen molar-refractivity contribution in [2.24, 2.45) is 0 Å². The van der Waals surface area contributed by atoms with E-state index in [9.17, 15) is 8.78 Å². The predicted octanol–water partition coefficient (Wildman–Crippen LogP) is 3.06. The highest BCUT2D eigenvalue weighted by atomic mass is 79.9. The van der Waals surface area contributed by atoms with Crippen LogP contribution in [0.4, 0.5) is 8.78 Å². The first-order valence-corrected chi connectivity index (χ1v) is 5.23. The molecule has 0 aromatic carbocycles. The molecular formula is C8H7BrClF2NO. The van der Waals surface area contributed by atoms with E-state index in [1.807, 2.05) is 0 Å². The summed E-state index contributed by atoms with van der Waals surface area (Å²) < 4.78 is 25.0. The van der Waals surface area contributed by atoms with Crippen molar-refractivity contribution in [1.29, 1.82) is 0 Å². The van der Waals surface area contributed by atoms with Gasteiger partial charge in [-0.15, -0.1) is 0 Å². The monoisotopic (exact) mass is 285 g/mol. The van der Waals surface area contributed by atoms with E-state index in [0.717, 1.165) is 0 Å². The molecule has 0 saturated heterocycles. The number of aromatic nitrogens is 1. The lowest BCUT2D eigenvalue weighted by molar-refractivity contribution is 0.149. The number of hydrogen-bond donors (Lipinski definition) is 1. The largest absolute Gasteiger partial charge is 0.392 e. The molecule has 0 aliphatic rings. The molecule has 0 spiro atoms. The Morgan fingerprint density at radius 3 is 2.64 bits per heavy atom. The van der Waals surface area contributed by atoms with Crippen LogP contribution in [0.3, 0.4) is 0 Å². The van der Waals surface area contributed by atoms with Crippen LogP contribution in [0.5, 0.6) is 0 Å². The minimum atomic E-state index is -2.61. The van der Waals surface area contributed by atoms with Gasteiger partial charge in [0.2, 0.25) is 0 Å². The molecule has 0 fully saturated rings. The van der Waals surface area contributed by atoms with Crippen molar-refractivity contribution in [3.8, 4) is 0 Å². The third-order valence-electron chi connectivity index (χ3n) is 1.69. The summed E-state index contributed by atoms with van der Waals surface area (Å²) in [6.45, 7) is -0.395. The highest BCUT2D eigenvalue weighted by molar-refractivity contribution is 9.08. The summed E-state index contributed by atoms with van der Waals surface area (Å²) in [4.78, 5) is 3.76. The Hall–Kier alpha value is -0.260.